The summed E-state index contributed by atoms with van der Waals surface area (Å²) in [7, 11) is 0. The molecular weight excluding hydrogens is 338 g/mol. The number of hydrogen-bond donors (Lipinski definition) is 1. The van der Waals surface area contributed by atoms with Crippen LogP contribution in [0.4, 0.5) is 0 Å². The molecule has 1 N–H and O–H groups in total. The Morgan fingerprint density at radius 2 is 1.70 bits per heavy atom. The summed E-state index contributed by atoms with van der Waals surface area (Å²) in [4.78, 5) is 14.6. The largest absolute Gasteiger partial charge is 0.491 e. The summed E-state index contributed by atoms with van der Waals surface area (Å²) in [5, 5.41) is 10.3. The first-order chi connectivity index (χ1) is 13.2. The zero-order valence-electron chi connectivity index (χ0n) is 15.8. The highest BCUT2D eigenvalue weighted by Gasteiger charge is 2.16. The third-order valence-corrected chi connectivity index (χ3v) is 5.04. The molecule has 1 atom stereocenters. The molecule has 3 rings (SSSR count). The number of piperidine rings is 1. The van der Waals surface area contributed by atoms with Crippen LogP contribution in [0.15, 0.2) is 54.6 Å². The number of nitrogens with zero attached hydrogens (tertiary/aromatic N) is 1. The molecule has 1 saturated heterocycles. The van der Waals surface area contributed by atoms with Crippen molar-refractivity contribution in [3.05, 3.63) is 65.7 Å². The zero-order chi connectivity index (χ0) is 18.9. The predicted octanol–water partition coefficient (Wildman–Crippen LogP) is 3.73. The van der Waals surface area contributed by atoms with Crippen molar-refractivity contribution in [2.75, 3.05) is 26.2 Å². The molecule has 0 spiro atoms. The molecule has 0 amide bonds. The van der Waals surface area contributed by atoms with Crippen molar-refractivity contribution in [3.63, 3.8) is 0 Å². The summed E-state index contributed by atoms with van der Waals surface area (Å²) in [6.45, 7) is 3.07. The van der Waals surface area contributed by atoms with Crippen molar-refractivity contribution in [2.24, 2.45) is 0 Å². The molecule has 27 heavy (non-hydrogen) atoms. The fourth-order valence-corrected chi connectivity index (χ4v) is 3.55. The zero-order valence-corrected chi connectivity index (χ0v) is 15.8. The van der Waals surface area contributed by atoms with Gasteiger partial charge in [-0.1, -0.05) is 55.0 Å². The molecule has 2 aromatic carbocycles. The second kappa shape index (κ2) is 10.2. The van der Waals surface area contributed by atoms with Gasteiger partial charge in [0.05, 0.1) is 0 Å². The van der Waals surface area contributed by atoms with E-state index in [0.29, 0.717) is 19.4 Å². The van der Waals surface area contributed by atoms with Crippen LogP contribution >= 0.6 is 0 Å². The maximum Gasteiger partial charge on any atom is 0.163 e. The normalized spacial score (nSPS) is 16.0. The number of aliphatic hydroxyl groups is 1. The molecule has 0 aromatic heterocycles. The standard InChI is InChI=1S/C23H29NO3/c25-21(17-24-15-7-2-8-16-24)18-27-23-12-6-5-11-20(23)13-14-22(26)19-9-3-1-4-10-19/h1,3-6,9-12,21,25H,2,7-8,13-18H2. The fourth-order valence-electron chi connectivity index (χ4n) is 3.55. The molecular formula is C23H29NO3. The quantitative estimate of drug-likeness (QED) is 0.686. The number of aliphatic hydroxyl groups excluding tert-OH is 1. The van der Waals surface area contributed by atoms with Gasteiger partial charge < -0.3 is 14.7 Å². The van der Waals surface area contributed by atoms with E-state index >= 15 is 0 Å². The van der Waals surface area contributed by atoms with Gasteiger partial charge in [-0.2, -0.15) is 0 Å². The van der Waals surface area contributed by atoms with Crippen molar-refractivity contribution >= 4 is 5.78 Å². The SMILES string of the molecule is O=C(CCc1ccccc1OCC(O)CN1CCCCC1)c1ccccc1. The number of carbonyl (C=O) groups excluding carboxylic acids is 1. The van der Waals surface area contributed by atoms with Gasteiger partial charge in [-0.15, -0.1) is 0 Å². The third kappa shape index (κ3) is 6.19. The van der Waals surface area contributed by atoms with Crippen LogP contribution in [0.5, 0.6) is 5.75 Å². The molecule has 1 heterocycles. The van der Waals surface area contributed by atoms with Crippen LogP contribution in [-0.4, -0.2) is 48.1 Å². The van der Waals surface area contributed by atoms with Crippen molar-refractivity contribution in [2.45, 2.75) is 38.2 Å². The van der Waals surface area contributed by atoms with Gasteiger partial charge in [-0.3, -0.25) is 4.79 Å². The van der Waals surface area contributed by atoms with E-state index in [4.69, 9.17) is 4.74 Å². The van der Waals surface area contributed by atoms with E-state index in [-0.39, 0.29) is 12.4 Å². The van der Waals surface area contributed by atoms with Gasteiger partial charge in [0, 0.05) is 18.5 Å². The second-order valence-electron chi connectivity index (χ2n) is 7.22. The Labute approximate surface area is 161 Å². The molecule has 1 fully saturated rings. The van der Waals surface area contributed by atoms with Crippen LogP contribution in [0.1, 0.15) is 41.6 Å². The van der Waals surface area contributed by atoms with Crippen molar-refractivity contribution in [1.29, 1.82) is 0 Å². The average molecular weight is 367 g/mol. The van der Waals surface area contributed by atoms with E-state index < -0.39 is 6.10 Å². The molecule has 2 aromatic rings. The minimum Gasteiger partial charge on any atom is -0.491 e. The molecule has 0 bridgehead atoms. The van der Waals surface area contributed by atoms with E-state index in [1.807, 2.05) is 54.6 Å². The van der Waals surface area contributed by atoms with Crippen molar-refractivity contribution < 1.29 is 14.6 Å². The van der Waals surface area contributed by atoms with Gasteiger partial charge in [0.15, 0.2) is 5.78 Å². The molecule has 1 unspecified atom stereocenters. The maximum atomic E-state index is 12.3. The Morgan fingerprint density at radius 1 is 1.00 bits per heavy atom. The van der Waals surface area contributed by atoms with Crippen LogP contribution in [0.25, 0.3) is 0 Å². The average Bonchev–Trinajstić information content (AvgIpc) is 2.72. The molecule has 0 aliphatic carbocycles. The number of hydrogen-bond acceptors (Lipinski definition) is 4. The lowest BCUT2D eigenvalue weighted by molar-refractivity contribution is 0.0614. The van der Waals surface area contributed by atoms with Crippen LogP contribution in [0.2, 0.25) is 0 Å². The van der Waals surface area contributed by atoms with Crippen LogP contribution in [-0.2, 0) is 6.42 Å². The lowest BCUT2D eigenvalue weighted by Crippen LogP contribution is -2.38. The van der Waals surface area contributed by atoms with Gasteiger partial charge >= 0.3 is 0 Å². The Morgan fingerprint density at radius 3 is 2.48 bits per heavy atom. The van der Waals surface area contributed by atoms with Crippen LogP contribution in [0.3, 0.4) is 0 Å². The monoisotopic (exact) mass is 367 g/mol. The first kappa shape index (κ1) is 19.6. The summed E-state index contributed by atoms with van der Waals surface area (Å²) in [5.74, 6) is 0.895. The number of ketones is 1. The highest BCUT2D eigenvalue weighted by atomic mass is 16.5. The highest BCUT2D eigenvalue weighted by Crippen LogP contribution is 2.21. The van der Waals surface area contributed by atoms with Crippen LogP contribution < -0.4 is 4.74 Å². The second-order valence-corrected chi connectivity index (χ2v) is 7.22. The summed E-state index contributed by atoms with van der Waals surface area (Å²) in [6.07, 6.45) is 4.30. The summed E-state index contributed by atoms with van der Waals surface area (Å²) >= 11 is 0. The van der Waals surface area contributed by atoms with E-state index in [1.54, 1.807) is 0 Å². The number of benzene rings is 2. The number of Topliss-reactive ketones (excluding diaryl/α,β-unsaturated/α-hetero) is 1. The summed E-state index contributed by atoms with van der Waals surface area (Å²) in [5.41, 5.74) is 1.75. The number of β-amino-alcohol motifs (C(OH)–C–C–N with tert-alkyl or cyclic N) is 1. The maximum absolute atomic E-state index is 12.3. The van der Waals surface area contributed by atoms with Crippen molar-refractivity contribution in [1.82, 2.24) is 4.90 Å². The van der Waals surface area contributed by atoms with E-state index in [0.717, 1.165) is 30.0 Å². The van der Waals surface area contributed by atoms with Gasteiger partial charge in [0.2, 0.25) is 0 Å². The first-order valence-electron chi connectivity index (χ1n) is 9.92. The third-order valence-electron chi connectivity index (χ3n) is 5.04. The number of ether oxygens (including phenoxy) is 1. The van der Waals surface area contributed by atoms with Crippen molar-refractivity contribution in [3.8, 4) is 5.75 Å². The van der Waals surface area contributed by atoms with Crippen LogP contribution in [0, 0.1) is 0 Å². The summed E-state index contributed by atoms with van der Waals surface area (Å²) in [6, 6.07) is 17.2. The highest BCUT2D eigenvalue weighted by molar-refractivity contribution is 5.96. The smallest absolute Gasteiger partial charge is 0.163 e. The van der Waals surface area contributed by atoms with Gasteiger partial charge in [0.25, 0.3) is 0 Å². The number of para-hydroxylation sites is 1. The molecule has 1 aliphatic rings. The number of carbonyl (C=O) groups is 1. The molecule has 0 radical (unpaired) electrons. The Balaban J connectivity index is 1.50. The number of rotatable bonds is 9. The Kier molecular flexibility index (Phi) is 7.43. The molecule has 144 valence electrons. The minimum atomic E-state index is -0.498. The van der Waals surface area contributed by atoms with Gasteiger partial charge in [-0.25, -0.2) is 0 Å². The topological polar surface area (TPSA) is 49.8 Å². The van der Waals surface area contributed by atoms with Gasteiger partial charge in [-0.05, 0) is 44.0 Å². The first-order valence-corrected chi connectivity index (χ1v) is 9.92. The lowest BCUT2D eigenvalue weighted by Gasteiger charge is -2.28. The Bertz CT molecular complexity index is 711. The van der Waals surface area contributed by atoms with E-state index in [1.165, 1.54) is 19.3 Å². The molecule has 4 heteroatoms. The number of aryl methyl sites for hydroxylation is 1. The van der Waals surface area contributed by atoms with E-state index in [2.05, 4.69) is 4.90 Å². The Hall–Kier alpha value is -2.17. The summed E-state index contributed by atoms with van der Waals surface area (Å²) < 4.78 is 5.89. The predicted molar refractivity (Wildman–Crippen MR) is 107 cm³/mol. The molecule has 0 saturated carbocycles. The lowest BCUT2D eigenvalue weighted by atomic mass is 10.0. The van der Waals surface area contributed by atoms with Gasteiger partial charge in [0.1, 0.15) is 18.5 Å². The van der Waals surface area contributed by atoms with E-state index in [9.17, 15) is 9.90 Å². The molecule has 4 nitrogen and oxygen atoms in total. The minimum absolute atomic E-state index is 0.135. The fraction of sp³-hybridized carbons (Fsp3) is 0.435. The number of likely N-dealkylation sites (tertiary alicyclic amines) is 1. The molecule has 1 aliphatic heterocycles.